The van der Waals surface area contributed by atoms with Gasteiger partial charge in [-0.2, -0.15) is 8.42 Å². The Hall–Kier alpha value is -1.77. The third-order valence-corrected chi connectivity index (χ3v) is 9.06. The Kier molecular flexibility index (Phi) is 4.79. The van der Waals surface area contributed by atoms with Gasteiger partial charge >= 0.3 is 0 Å². The Labute approximate surface area is 190 Å². The van der Waals surface area contributed by atoms with E-state index < -0.39 is 10.2 Å². The number of rotatable bonds is 6. The SMILES string of the molecule is Cc1ccc2c(N3CC(CCNS(N)(=O)=O)C3)nc(C34CC5CC(CC(C5)C3)C4)nc2c1. The van der Waals surface area contributed by atoms with Crippen LogP contribution in [0.1, 0.15) is 56.3 Å². The molecule has 7 nitrogen and oxygen atoms in total. The molecule has 0 unspecified atom stereocenters. The molecule has 1 saturated heterocycles. The van der Waals surface area contributed by atoms with Crippen LogP contribution in [0, 0.1) is 30.6 Å². The molecule has 3 N–H and O–H groups in total. The minimum Gasteiger partial charge on any atom is -0.355 e. The van der Waals surface area contributed by atoms with E-state index in [1.54, 1.807) is 0 Å². The molecule has 0 atom stereocenters. The van der Waals surface area contributed by atoms with Gasteiger partial charge in [-0.1, -0.05) is 6.07 Å². The molecule has 4 bridgehead atoms. The quantitative estimate of drug-likeness (QED) is 0.697. The number of nitrogens with one attached hydrogen (secondary N) is 1. The molecule has 0 spiro atoms. The van der Waals surface area contributed by atoms with Gasteiger partial charge in [-0.3, -0.25) is 0 Å². The van der Waals surface area contributed by atoms with Crippen LogP contribution in [0.5, 0.6) is 0 Å². The third kappa shape index (κ3) is 3.70. The van der Waals surface area contributed by atoms with Crippen LogP contribution in [0.15, 0.2) is 18.2 Å². The number of aromatic nitrogens is 2. The van der Waals surface area contributed by atoms with E-state index in [4.69, 9.17) is 15.1 Å². The second-order valence-corrected chi connectivity index (χ2v) is 12.5. The van der Waals surface area contributed by atoms with Gasteiger partial charge in [0.05, 0.1) is 5.52 Å². The molecule has 0 radical (unpaired) electrons. The van der Waals surface area contributed by atoms with Gasteiger partial charge in [-0.25, -0.2) is 19.8 Å². The summed E-state index contributed by atoms with van der Waals surface area (Å²) >= 11 is 0. The number of hydrogen-bond acceptors (Lipinski definition) is 5. The van der Waals surface area contributed by atoms with Crippen LogP contribution in [-0.2, 0) is 15.6 Å². The van der Waals surface area contributed by atoms with E-state index in [2.05, 4.69) is 34.7 Å². The van der Waals surface area contributed by atoms with E-state index in [1.165, 1.54) is 44.1 Å². The summed E-state index contributed by atoms with van der Waals surface area (Å²) < 4.78 is 24.6. The molecular weight excluding hydrogens is 422 g/mol. The van der Waals surface area contributed by atoms with Crippen molar-refractivity contribution in [2.45, 2.75) is 57.3 Å². The van der Waals surface area contributed by atoms with Crippen LogP contribution in [0.4, 0.5) is 5.82 Å². The average molecular weight is 456 g/mol. The van der Waals surface area contributed by atoms with Crippen molar-refractivity contribution in [2.75, 3.05) is 24.5 Å². The number of anilines is 1. The molecule has 2 aromatic rings. The lowest BCUT2D eigenvalue weighted by Crippen LogP contribution is -2.50. The molecule has 172 valence electrons. The Morgan fingerprint density at radius 1 is 1.09 bits per heavy atom. The summed E-state index contributed by atoms with van der Waals surface area (Å²) in [5.41, 5.74) is 2.47. The van der Waals surface area contributed by atoms with Crippen LogP contribution in [0.25, 0.3) is 10.9 Å². The molecule has 1 aliphatic heterocycles. The first-order valence-corrected chi connectivity index (χ1v) is 13.6. The van der Waals surface area contributed by atoms with Gasteiger partial charge in [-0.15, -0.1) is 0 Å². The minimum absolute atomic E-state index is 0.172. The molecule has 1 aromatic heterocycles. The summed E-state index contributed by atoms with van der Waals surface area (Å²) in [5.74, 6) is 5.19. The number of benzene rings is 1. The van der Waals surface area contributed by atoms with Crippen molar-refractivity contribution in [1.29, 1.82) is 0 Å². The fourth-order valence-corrected chi connectivity index (χ4v) is 7.82. The van der Waals surface area contributed by atoms with E-state index in [0.717, 1.165) is 59.8 Å². The second kappa shape index (κ2) is 7.37. The minimum atomic E-state index is -3.61. The molecule has 5 aliphatic rings. The molecule has 4 saturated carbocycles. The van der Waals surface area contributed by atoms with Crippen molar-refractivity contribution < 1.29 is 8.42 Å². The lowest BCUT2D eigenvalue weighted by atomic mass is 9.49. The largest absolute Gasteiger partial charge is 0.355 e. The van der Waals surface area contributed by atoms with Crippen LogP contribution in [0.3, 0.4) is 0 Å². The summed E-state index contributed by atoms with van der Waals surface area (Å²) in [6, 6.07) is 6.52. The van der Waals surface area contributed by atoms with E-state index >= 15 is 0 Å². The number of hydrogen-bond donors (Lipinski definition) is 2. The molecule has 1 aromatic carbocycles. The van der Waals surface area contributed by atoms with Crippen LogP contribution in [-0.4, -0.2) is 38.0 Å². The highest BCUT2D eigenvalue weighted by Gasteiger charge is 2.53. The van der Waals surface area contributed by atoms with E-state index in [-0.39, 0.29) is 5.41 Å². The molecule has 7 rings (SSSR count). The van der Waals surface area contributed by atoms with E-state index in [1.807, 2.05) is 0 Å². The van der Waals surface area contributed by atoms with Gasteiger partial charge in [0, 0.05) is 30.4 Å². The zero-order chi connectivity index (χ0) is 22.1. The first-order valence-electron chi connectivity index (χ1n) is 12.1. The highest BCUT2D eigenvalue weighted by atomic mass is 32.2. The molecule has 4 aliphatic carbocycles. The van der Waals surface area contributed by atoms with E-state index in [9.17, 15) is 8.42 Å². The normalized spacial score (nSPS) is 31.9. The molecule has 2 heterocycles. The maximum atomic E-state index is 11.1. The second-order valence-electron chi connectivity index (χ2n) is 11.1. The Balaban J connectivity index is 1.29. The monoisotopic (exact) mass is 455 g/mol. The molecule has 8 heteroatoms. The molecule has 0 amide bonds. The third-order valence-electron chi connectivity index (χ3n) is 8.46. The maximum Gasteiger partial charge on any atom is 0.274 e. The maximum absolute atomic E-state index is 11.1. The summed E-state index contributed by atoms with van der Waals surface area (Å²) in [7, 11) is -3.61. The Morgan fingerprint density at radius 2 is 1.75 bits per heavy atom. The van der Waals surface area contributed by atoms with Crippen molar-refractivity contribution in [3.63, 3.8) is 0 Å². The number of nitrogens with zero attached hydrogens (tertiary/aromatic N) is 3. The van der Waals surface area contributed by atoms with Gasteiger partial charge in [0.2, 0.25) is 0 Å². The number of aryl methyl sites for hydroxylation is 1. The first kappa shape index (κ1) is 20.8. The van der Waals surface area contributed by atoms with Gasteiger partial charge in [0.25, 0.3) is 10.2 Å². The van der Waals surface area contributed by atoms with Crippen molar-refractivity contribution >= 4 is 26.9 Å². The number of nitrogens with two attached hydrogens (primary N) is 1. The van der Waals surface area contributed by atoms with E-state index in [0.29, 0.717) is 12.5 Å². The Morgan fingerprint density at radius 3 is 2.38 bits per heavy atom. The lowest BCUT2D eigenvalue weighted by molar-refractivity contribution is -0.00921. The highest BCUT2D eigenvalue weighted by molar-refractivity contribution is 7.87. The topological polar surface area (TPSA) is 101 Å². The first-order chi connectivity index (χ1) is 15.3. The predicted molar refractivity (Wildman–Crippen MR) is 126 cm³/mol. The summed E-state index contributed by atoms with van der Waals surface area (Å²) in [5, 5.41) is 6.18. The fourth-order valence-electron chi connectivity index (χ4n) is 7.42. The zero-order valence-electron chi connectivity index (χ0n) is 18.8. The molecule has 5 fully saturated rings. The summed E-state index contributed by atoms with van der Waals surface area (Å²) in [6.45, 7) is 4.31. The predicted octanol–water partition coefficient (Wildman–Crippen LogP) is 3.03. The van der Waals surface area contributed by atoms with Crippen molar-refractivity contribution in [2.24, 2.45) is 28.8 Å². The van der Waals surface area contributed by atoms with Gasteiger partial charge in [-0.05, 0) is 93.2 Å². The number of fused-ring (bicyclic) bond motifs is 1. The molecular formula is C24H33N5O2S. The lowest BCUT2D eigenvalue weighted by Gasteiger charge is -2.56. The summed E-state index contributed by atoms with van der Waals surface area (Å²) in [6.07, 6.45) is 8.82. The average Bonchev–Trinajstić information content (AvgIpc) is 2.67. The van der Waals surface area contributed by atoms with Crippen molar-refractivity contribution in [3.8, 4) is 0 Å². The van der Waals surface area contributed by atoms with Crippen LogP contribution < -0.4 is 14.8 Å². The molecule has 32 heavy (non-hydrogen) atoms. The fraction of sp³-hybridized carbons (Fsp3) is 0.667. The van der Waals surface area contributed by atoms with Gasteiger partial charge in [0.1, 0.15) is 11.6 Å². The van der Waals surface area contributed by atoms with Gasteiger partial charge < -0.3 is 4.90 Å². The standard InChI is InChI=1S/C24H33N5O2S/c1-15-2-3-20-21(6-15)27-23(24-10-17-7-18(11-24)9-19(8-17)12-24)28-22(20)29-13-16(14-29)4-5-26-32(25,30)31/h2-3,6,16-19,26H,4-5,7-14H2,1H3,(H2,25,30,31). The van der Waals surface area contributed by atoms with Crippen molar-refractivity contribution in [3.05, 3.63) is 29.6 Å². The van der Waals surface area contributed by atoms with Gasteiger partial charge in [0.15, 0.2) is 0 Å². The smallest absolute Gasteiger partial charge is 0.274 e. The zero-order valence-corrected chi connectivity index (χ0v) is 19.6. The van der Waals surface area contributed by atoms with Crippen LogP contribution >= 0.6 is 0 Å². The highest BCUT2D eigenvalue weighted by Crippen LogP contribution is 2.60. The van der Waals surface area contributed by atoms with Crippen molar-refractivity contribution in [1.82, 2.24) is 14.7 Å². The summed E-state index contributed by atoms with van der Waals surface area (Å²) in [4.78, 5) is 12.8. The Bertz CT molecular complexity index is 1120. The van der Waals surface area contributed by atoms with Crippen LogP contribution in [0.2, 0.25) is 0 Å².